The first-order valence-electron chi connectivity index (χ1n) is 12.4. The number of halogens is 2. The van der Waals surface area contributed by atoms with Crippen molar-refractivity contribution in [3.05, 3.63) is 53.0 Å². The van der Waals surface area contributed by atoms with Crippen molar-refractivity contribution in [3.8, 4) is 11.8 Å². The Morgan fingerprint density at radius 3 is 2.77 bits per heavy atom. The van der Waals surface area contributed by atoms with E-state index in [0.717, 1.165) is 0 Å². The quantitative estimate of drug-likeness (QED) is 0.328. The number of hydrazone groups is 1. The van der Waals surface area contributed by atoms with Gasteiger partial charge in [0.2, 0.25) is 5.91 Å². The van der Waals surface area contributed by atoms with E-state index in [1.807, 2.05) is 6.92 Å². The van der Waals surface area contributed by atoms with Crippen molar-refractivity contribution < 1.29 is 27.8 Å². The molecule has 1 aromatic carbocycles. The number of carbonyl (C=O) groups is 2. The van der Waals surface area contributed by atoms with Gasteiger partial charge < -0.3 is 19.9 Å². The molecule has 39 heavy (non-hydrogen) atoms. The Kier molecular flexibility index (Phi) is 7.92. The number of fused-ring (bicyclic) bond motifs is 1. The molecule has 2 atom stereocenters. The van der Waals surface area contributed by atoms with E-state index in [0.29, 0.717) is 37.5 Å². The molecule has 1 unspecified atom stereocenters. The van der Waals surface area contributed by atoms with Crippen LogP contribution < -0.4 is 11.2 Å². The van der Waals surface area contributed by atoms with Gasteiger partial charge in [-0.1, -0.05) is 17.5 Å². The Balaban J connectivity index is 1.70. The molecule has 2 aliphatic heterocycles. The lowest BCUT2D eigenvalue weighted by atomic mass is 10.1. The second-order valence-corrected chi connectivity index (χ2v) is 9.16. The summed E-state index contributed by atoms with van der Waals surface area (Å²) in [7, 11) is 3.04. The molecule has 3 N–H and O–H groups in total. The number of aliphatic imine (C=N–C) groups is 1. The van der Waals surface area contributed by atoms with E-state index >= 15 is 4.39 Å². The van der Waals surface area contributed by atoms with Gasteiger partial charge in [0, 0.05) is 32.2 Å². The summed E-state index contributed by atoms with van der Waals surface area (Å²) in [5.41, 5.74) is 8.48. The number of amidine groups is 1. The number of carbonyl (C=O) groups excluding carboxylic acids is 2. The van der Waals surface area contributed by atoms with Gasteiger partial charge in [-0.3, -0.25) is 9.59 Å². The van der Waals surface area contributed by atoms with E-state index in [-0.39, 0.29) is 40.5 Å². The van der Waals surface area contributed by atoms with Crippen molar-refractivity contribution in [2.45, 2.75) is 32.9 Å². The number of ether oxygens (including phenoxy) is 1. The van der Waals surface area contributed by atoms with E-state index in [1.54, 1.807) is 29.7 Å². The molecule has 12 heteroatoms. The average molecular weight is 539 g/mol. The number of hydrogen-bond acceptors (Lipinski definition) is 6. The van der Waals surface area contributed by atoms with Crippen LogP contribution in [0.4, 0.5) is 8.78 Å². The molecule has 4 rings (SSSR count). The van der Waals surface area contributed by atoms with Gasteiger partial charge in [-0.25, -0.2) is 19.2 Å². The number of nitrogens with zero attached hydrogens (tertiary/aromatic N) is 5. The van der Waals surface area contributed by atoms with Gasteiger partial charge in [-0.05, 0) is 32.3 Å². The number of allylic oxidation sites excluding steroid dienone is 1. The minimum absolute atomic E-state index is 0.0137. The smallest absolute Gasteiger partial charge is 0.356 e. The van der Waals surface area contributed by atoms with Crippen LogP contribution in [0.25, 0.3) is 11.0 Å². The molecule has 0 radical (unpaired) electrons. The number of likely N-dealkylation sites (tertiary alicyclic amines) is 1. The summed E-state index contributed by atoms with van der Waals surface area (Å²) in [6.45, 7) is 8.37. The zero-order chi connectivity index (χ0) is 28.4. The summed E-state index contributed by atoms with van der Waals surface area (Å²) in [4.78, 5) is 34.8. The zero-order valence-corrected chi connectivity index (χ0v) is 22.2. The predicted molar refractivity (Wildman–Crippen MR) is 142 cm³/mol. The van der Waals surface area contributed by atoms with E-state index in [9.17, 15) is 14.0 Å². The van der Waals surface area contributed by atoms with Crippen LogP contribution in [0.15, 0.2) is 35.0 Å². The SMILES string of the molecule is C=CC(=O)N1CC(/C=[N+]2/NC(C#Cc3c(F)cc4c(nc(C)n4CC)c3F)=C(C(N)=O)C2=NC)C[C@@H]1COC. The number of imidazole rings is 1. The van der Waals surface area contributed by atoms with E-state index in [1.165, 1.54) is 23.9 Å². The van der Waals surface area contributed by atoms with Crippen LogP contribution in [0.5, 0.6) is 0 Å². The highest BCUT2D eigenvalue weighted by Gasteiger charge is 2.39. The summed E-state index contributed by atoms with van der Waals surface area (Å²) in [5, 5.41) is 0. The first-order chi connectivity index (χ1) is 18.6. The Hall–Kier alpha value is -4.37. The number of nitrogens with one attached hydrogen (secondary N) is 1. The summed E-state index contributed by atoms with van der Waals surface area (Å²) in [6.07, 6.45) is 3.62. The largest absolute Gasteiger partial charge is 0.383 e. The molecule has 0 aliphatic carbocycles. The third kappa shape index (κ3) is 5.05. The fourth-order valence-electron chi connectivity index (χ4n) is 5.07. The minimum atomic E-state index is -0.887. The predicted octanol–water partition coefficient (Wildman–Crippen LogP) is 1.41. The van der Waals surface area contributed by atoms with Gasteiger partial charge in [0.05, 0.1) is 23.7 Å². The maximum Gasteiger partial charge on any atom is 0.356 e. The molecule has 0 spiro atoms. The second-order valence-electron chi connectivity index (χ2n) is 9.16. The van der Waals surface area contributed by atoms with Crippen LogP contribution in [-0.4, -0.2) is 76.4 Å². The first kappa shape index (κ1) is 27.7. The van der Waals surface area contributed by atoms with Gasteiger partial charge in [0.25, 0.3) is 5.91 Å². The lowest BCUT2D eigenvalue weighted by Crippen LogP contribution is -2.37. The van der Waals surface area contributed by atoms with Crippen LogP contribution in [0.2, 0.25) is 0 Å². The van der Waals surface area contributed by atoms with E-state index in [2.05, 4.69) is 33.8 Å². The standard InChI is InChI=1S/C27H29F2N7O3/c1-6-22(37)35-12-16(10-17(35)14-39-5)13-36-27(31-4)23(26(30)38)20(33-36)9-8-18-19(28)11-21-25(24(18)29)32-15(3)34(21)7-2/h6,11,13,16-17H,1,7,10,12,14H2,2-5H3,(H2-,30,31,33,38)/p+1/b36-13+/t16?,17-/m1/s1. The molecule has 0 bridgehead atoms. The molecule has 1 fully saturated rings. The van der Waals surface area contributed by atoms with Crippen molar-refractivity contribution in [2.75, 3.05) is 27.3 Å². The summed E-state index contributed by atoms with van der Waals surface area (Å²) < 4.78 is 38.7. The molecule has 1 aromatic heterocycles. The molecule has 204 valence electrons. The third-order valence-electron chi connectivity index (χ3n) is 6.77. The van der Waals surface area contributed by atoms with Crippen LogP contribution in [0, 0.1) is 36.3 Å². The van der Waals surface area contributed by atoms with Gasteiger partial charge in [0.15, 0.2) is 11.4 Å². The molecular formula is C27H30F2N7O3+. The highest BCUT2D eigenvalue weighted by Crippen LogP contribution is 2.26. The number of rotatable bonds is 6. The van der Waals surface area contributed by atoms with E-state index in [4.69, 9.17) is 10.5 Å². The van der Waals surface area contributed by atoms with Crippen molar-refractivity contribution in [3.63, 3.8) is 0 Å². The molecule has 2 aliphatic rings. The fraction of sp³-hybridized carbons (Fsp3) is 0.370. The molecule has 0 saturated carbocycles. The van der Waals surface area contributed by atoms with Crippen LogP contribution in [0.1, 0.15) is 24.7 Å². The molecule has 2 amide bonds. The number of hydrazine groups is 1. The summed E-state index contributed by atoms with van der Waals surface area (Å²) >= 11 is 0. The highest BCUT2D eigenvalue weighted by atomic mass is 19.1. The number of nitrogens with two attached hydrogens (primary N) is 1. The lowest BCUT2D eigenvalue weighted by molar-refractivity contribution is -0.456. The maximum atomic E-state index is 15.3. The van der Waals surface area contributed by atoms with Crippen LogP contribution >= 0.6 is 0 Å². The molecule has 1 saturated heterocycles. The van der Waals surface area contributed by atoms with Gasteiger partial charge in [-0.2, -0.15) is 0 Å². The first-order valence-corrected chi connectivity index (χ1v) is 12.4. The lowest BCUT2D eigenvalue weighted by Gasteiger charge is -2.22. The second kappa shape index (κ2) is 11.2. The number of aromatic nitrogens is 2. The number of methoxy groups -OCH3 is 1. The molecular weight excluding hydrogens is 508 g/mol. The van der Waals surface area contributed by atoms with Crippen LogP contribution in [0.3, 0.4) is 0 Å². The fourth-order valence-corrected chi connectivity index (χ4v) is 5.07. The van der Waals surface area contributed by atoms with Crippen LogP contribution in [-0.2, 0) is 20.9 Å². The Labute approximate surface area is 224 Å². The third-order valence-corrected chi connectivity index (χ3v) is 6.77. The Morgan fingerprint density at radius 2 is 2.15 bits per heavy atom. The van der Waals surface area contributed by atoms with E-state index < -0.39 is 23.1 Å². The Bertz CT molecular complexity index is 1530. The van der Waals surface area contributed by atoms with Crippen molar-refractivity contribution in [1.29, 1.82) is 0 Å². The zero-order valence-electron chi connectivity index (χ0n) is 22.2. The van der Waals surface area contributed by atoms with Gasteiger partial charge >= 0.3 is 5.84 Å². The monoisotopic (exact) mass is 538 g/mol. The van der Waals surface area contributed by atoms with Crippen molar-refractivity contribution in [1.82, 2.24) is 19.9 Å². The number of amides is 2. The van der Waals surface area contributed by atoms with Gasteiger partial charge in [-0.15, -0.1) is 4.68 Å². The maximum absolute atomic E-state index is 15.3. The number of primary amides is 1. The number of aryl methyl sites for hydroxylation is 2. The normalized spacial score (nSPS) is 21.0. The van der Waals surface area contributed by atoms with Crippen molar-refractivity contribution in [2.24, 2.45) is 16.6 Å². The highest BCUT2D eigenvalue weighted by molar-refractivity contribution is 6.19. The molecule has 3 heterocycles. The topological polar surface area (TPSA) is 118 Å². The minimum Gasteiger partial charge on any atom is -0.383 e. The number of benzene rings is 1. The summed E-state index contributed by atoms with van der Waals surface area (Å²) in [5.74, 6) is 3.01. The molecule has 2 aromatic rings. The number of hydrogen-bond donors (Lipinski definition) is 2. The summed E-state index contributed by atoms with van der Waals surface area (Å²) in [6, 6.07) is 1.04. The van der Waals surface area contributed by atoms with Crippen molar-refractivity contribution >= 4 is 34.9 Å². The molecule has 10 nitrogen and oxygen atoms in total. The van der Waals surface area contributed by atoms with Gasteiger partial charge in [0.1, 0.15) is 36.1 Å². The average Bonchev–Trinajstić information content (AvgIpc) is 3.56. The Morgan fingerprint density at radius 1 is 1.41 bits per heavy atom.